The maximum absolute atomic E-state index is 13.0. The minimum atomic E-state index is -4.39. The molecule has 1 N–H and O–H groups in total. The second-order valence-electron chi connectivity index (χ2n) is 7.07. The van der Waals surface area contributed by atoms with Gasteiger partial charge in [0.1, 0.15) is 0 Å². The molecule has 0 unspecified atom stereocenters. The average Bonchev–Trinajstić information content (AvgIpc) is 3.09. The maximum Gasteiger partial charge on any atom is 0.416 e. The number of likely N-dealkylation sites (tertiary alicyclic amines) is 1. The number of carbonyl (C=O) groups is 1. The highest BCUT2D eigenvalue weighted by molar-refractivity contribution is 5.93. The fourth-order valence-corrected chi connectivity index (χ4v) is 3.66. The predicted molar refractivity (Wildman–Crippen MR) is 103 cm³/mol. The third kappa shape index (κ3) is 4.64. The van der Waals surface area contributed by atoms with Gasteiger partial charge in [-0.25, -0.2) is 0 Å². The van der Waals surface area contributed by atoms with Crippen molar-refractivity contribution in [3.63, 3.8) is 0 Å². The summed E-state index contributed by atoms with van der Waals surface area (Å²) in [6.07, 6.45) is -3.95. The van der Waals surface area contributed by atoms with Gasteiger partial charge in [0.15, 0.2) is 11.5 Å². The molecule has 2 aromatic rings. The van der Waals surface area contributed by atoms with Crippen LogP contribution in [0.5, 0.6) is 11.5 Å². The molecule has 0 spiro atoms. The standard InChI is InChI=1S/C21H23F3N2O3/c1-26-12-14(10-17(26)13-5-4-6-15(9-13)21(22,23)24)20(27)25-16-7-8-18(28-2)19(11-16)29-3/h4-9,11,14,17H,10,12H2,1-3H3,(H,25,27)/t14-,17+/m1/s1. The number of hydrogen-bond acceptors (Lipinski definition) is 4. The Kier molecular flexibility index (Phi) is 6.02. The van der Waals surface area contributed by atoms with Crippen LogP contribution >= 0.6 is 0 Å². The summed E-state index contributed by atoms with van der Waals surface area (Å²) in [7, 11) is 4.85. The van der Waals surface area contributed by atoms with E-state index in [4.69, 9.17) is 9.47 Å². The zero-order valence-electron chi connectivity index (χ0n) is 16.4. The number of benzene rings is 2. The molecule has 5 nitrogen and oxygen atoms in total. The van der Waals surface area contributed by atoms with Crippen molar-refractivity contribution in [1.29, 1.82) is 0 Å². The van der Waals surface area contributed by atoms with Crippen molar-refractivity contribution >= 4 is 11.6 Å². The van der Waals surface area contributed by atoms with E-state index in [-0.39, 0.29) is 17.9 Å². The number of carbonyl (C=O) groups excluding carboxylic acids is 1. The number of alkyl halides is 3. The number of amides is 1. The Balaban J connectivity index is 1.72. The van der Waals surface area contributed by atoms with E-state index in [0.717, 1.165) is 12.1 Å². The second-order valence-corrected chi connectivity index (χ2v) is 7.07. The summed E-state index contributed by atoms with van der Waals surface area (Å²) in [6, 6.07) is 10.1. The highest BCUT2D eigenvalue weighted by Crippen LogP contribution is 2.38. The van der Waals surface area contributed by atoms with Gasteiger partial charge in [0.2, 0.25) is 5.91 Å². The smallest absolute Gasteiger partial charge is 0.416 e. The number of nitrogens with one attached hydrogen (secondary N) is 1. The minimum absolute atomic E-state index is 0.182. The highest BCUT2D eigenvalue weighted by Gasteiger charge is 2.36. The van der Waals surface area contributed by atoms with E-state index in [1.165, 1.54) is 20.3 Å². The van der Waals surface area contributed by atoms with Gasteiger partial charge < -0.3 is 14.8 Å². The van der Waals surface area contributed by atoms with Crippen LogP contribution in [0.2, 0.25) is 0 Å². The van der Waals surface area contributed by atoms with Gasteiger partial charge in [0, 0.05) is 24.3 Å². The van der Waals surface area contributed by atoms with Crippen molar-refractivity contribution in [1.82, 2.24) is 4.90 Å². The number of anilines is 1. The summed E-state index contributed by atoms with van der Waals surface area (Å²) in [6.45, 7) is 0.458. The molecule has 0 aliphatic carbocycles. The van der Waals surface area contributed by atoms with Crippen LogP contribution in [-0.2, 0) is 11.0 Å². The average molecular weight is 408 g/mol. The van der Waals surface area contributed by atoms with Crippen LogP contribution in [0.3, 0.4) is 0 Å². The number of ether oxygens (including phenoxy) is 2. The predicted octanol–water partition coefficient (Wildman–Crippen LogP) is 4.35. The number of methoxy groups -OCH3 is 2. The molecule has 8 heteroatoms. The Labute approximate surface area is 167 Å². The molecule has 2 aromatic carbocycles. The van der Waals surface area contributed by atoms with Gasteiger partial charge in [-0.3, -0.25) is 9.69 Å². The van der Waals surface area contributed by atoms with E-state index in [0.29, 0.717) is 35.7 Å². The molecule has 1 aliphatic rings. The van der Waals surface area contributed by atoms with E-state index >= 15 is 0 Å². The van der Waals surface area contributed by atoms with Gasteiger partial charge in [0.25, 0.3) is 0 Å². The first-order valence-electron chi connectivity index (χ1n) is 9.13. The van der Waals surface area contributed by atoms with Crippen LogP contribution in [0.4, 0.5) is 18.9 Å². The number of halogens is 3. The molecule has 1 aliphatic heterocycles. The zero-order chi connectivity index (χ0) is 21.2. The number of hydrogen-bond donors (Lipinski definition) is 1. The van der Waals surface area contributed by atoms with E-state index in [9.17, 15) is 18.0 Å². The first-order valence-corrected chi connectivity index (χ1v) is 9.13. The monoisotopic (exact) mass is 408 g/mol. The van der Waals surface area contributed by atoms with Crippen LogP contribution < -0.4 is 14.8 Å². The van der Waals surface area contributed by atoms with Crippen molar-refractivity contribution in [2.45, 2.75) is 18.6 Å². The topological polar surface area (TPSA) is 50.8 Å². The Morgan fingerprint density at radius 3 is 2.48 bits per heavy atom. The number of nitrogens with zero attached hydrogens (tertiary/aromatic N) is 1. The van der Waals surface area contributed by atoms with Crippen LogP contribution in [0.25, 0.3) is 0 Å². The fourth-order valence-electron chi connectivity index (χ4n) is 3.66. The van der Waals surface area contributed by atoms with Gasteiger partial charge in [-0.05, 0) is 43.3 Å². The Bertz CT molecular complexity index is 886. The van der Waals surface area contributed by atoms with Gasteiger partial charge in [0.05, 0.1) is 25.7 Å². The van der Waals surface area contributed by atoms with Gasteiger partial charge >= 0.3 is 6.18 Å². The van der Waals surface area contributed by atoms with Crippen molar-refractivity contribution in [2.75, 3.05) is 33.1 Å². The molecule has 0 radical (unpaired) electrons. The molecule has 1 fully saturated rings. The van der Waals surface area contributed by atoms with Crippen molar-refractivity contribution in [3.8, 4) is 11.5 Å². The Morgan fingerprint density at radius 1 is 1.10 bits per heavy atom. The number of rotatable bonds is 5. The van der Waals surface area contributed by atoms with Crippen LogP contribution in [-0.4, -0.2) is 38.6 Å². The highest BCUT2D eigenvalue weighted by atomic mass is 19.4. The molecular weight excluding hydrogens is 385 g/mol. The molecule has 156 valence electrons. The normalized spacial score (nSPS) is 19.8. The minimum Gasteiger partial charge on any atom is -0.493 e. The van der Waals surface area contributed by atoms with Crippen LogP contribution in [0, 0.1) is 5.92 Å². The lowest BCUT2D eigenvalue weighted by Gasteiger charge is -2.20. The summed E-state index contributed by atoms with van der Waals surface area (Å²) in [5.74, 6) is 0.526. The fraction of sp³-hybridized carbons (Fsp3) is 0.381. The lowest BCUT2D eigenvalue weighted by Crippen LogP contribution is -2.25. The molecule has 0 saturated carbocycles. The Hall–Kier alpha value is -2.74. The van der Waals surface area contributed by atoms with E-state index < -0.39 is 11.7 Å². The van der Waals surface area contributed by atoms with Crippen molar-refractivity contribution in [3.05, 3.63) is 53.6 Å². The largest absolute Gasteiger partial charge is 0.493 e. The lowest BCUT2D eigenvalue weighted by atomic mass is 9.97. The summed E-state index contributed by atoms with van der Waals surface area (Å²) in [5.41, 5.74) is 0.447. The third-order valence-electron chi connectivity index (χ3n) is 5.17. The molecule has 0 bridgehead atoms. The zero-order valence-corrected chi connectivity index (χ0v) is 16.4. The first kappa shape index (κ1) is 21.0. The van der Waals surface area contributed by atoms with E-state index in [2.05, 4.69) is 5.32 Å². The van der Waals surface area contributed by atoms with Crippen LogP contribution in [0.15, 0.2) is 42.5 Å². The molecule has 3 rings (SSSR count). The summed E-state index contributed by atoms with van der Waals surface area (Å²) in [4.78, 5) is 14.6. The lowest BCUT2D eigenvalue weighted by molar-refractivity contribution is -0.137. The van der Waals surface area contributed by atoms with E-state index in [1.807, 2.05) is 11.9 Å². The van der Waals surface area contributed by atoms with E-state index in [1.54, 1.807) is 24.3 Å². The Morgan fingerprint density at radius 2 is 1.83 bits per heavy atom. The van der Waals surface area contributed by atoms with Crippen molar-refractivity contribution < 1.29 is 27.4 Å². The van der Waals surface area contributed by atoms with Gasteiger partial charge in [-0.15, -0.1) is 0 Å². The van der Waals surface area contributed by atoms with Gasteiger partial charge in [-0.1, -0.05) is 12.1 Å². The quantitative estimate of drug-likeness (QED) is 0.799. The second kappa shape index (κ2) is 8.32. The molecular formula is C21H23F3N2O3. The third-order valence-corrected chi connectivity index (χ3v) is 5.17. The summed E-state index contributed by atoms with van der Waals surface area (Å²) >= 11 is 0. The molecule has 1 saturated heterocycles. The summed E-state index contributed by atoms with van der Waals surface area (Å²) in [5, 5.41) is 2.86. The maximum atomic E-state index is 13.0. The molecule has 2 atom stereocenters. The van der Waals surface area contributed by atoms with Crippen molar-refractivity contribution in [2.24, 2.45) is 5.92 Å². The summed E-state index contributed by atoms with van der Waals surface area (Å²) < 4.78 is 49.5. The molecule has 29 heavy (non-hydrogen) atoms. The first-order chi connectivity index (χ1) is 13.7. The van der Waals surface area contributed by atoms with Gasteiger partial charge in [-0.2, -0.15) is 13.2 Å². The molecule has 1 amide bonds. The SMILES string of the molecule is COc1ccc(NC(=O)[C@@H]2C[C@@H](c3cccc(C(F)(F)F)c3)N(C)C2)cc1OC. The molecule has 0 aromatic heterocycles. The van der Waals surface area contributed by atoms with Crippen LogP contribution in [0.1, 0.15) is 23.6 Å². The molecule has 1 heterocycles.